The highest BCUT2D eigenvalue weighted by Crippen LogP contribution is 2.35. The Morgan fingerprint density at radius 2 is 1.80 bits per heavy atom. The first kappa shape index (κ1) is 25.1. The van der Waals surface area contributed by atoms with Gasteiger partial charge in [0.1, 0.15) is 19.1 Å². The Labute approximate surface area is 170 Å². The monoisotopic (exact) mass is 434 g/mol. The number of halogens is 6. The van der Waals surface area contributed by atoms with Crippen molar-refractivity contribution in [3.05, 3.63) is 29.3 Å². The van der Waals surface area contributed by atoms with E-state index in [0.717, 1.165) is 24.0 Å². The number of anilines is 1. The molecule has 1 aromatic rings. The summed E-state index contributed by atoms with van der Waals surface area (Å²) in [6.07, 6.45) is -8.61. The van der Waals surface area contributed by atoms with Crippen molar-refractivity contribution in [1.29, 1.82) is 10.5 Å². The van der Waals surface area contributed by atoms with Gasteiger partial charge in [0, 0.05) is 12.2 Å². The molecule has 1 amide bonds. The normalized spacial score (nSPS) is 12.6. The molecule has 0 saturated heterocycles. The number of carbonyl (C=O) groups excluding carboxylic acids is 1. The molecule has 11 heteroatoms. The molecule has 0 spiro atoms. The van der Waals surface area contributed by atoms with Crippen molar-refractivity contribution in [3.63, 3.8) is 0 Å². The number of unbranched alkanes of at least 4 members (excludes halogenated alkanes) is 1. The van der Waals surface area contributed by atoms with E-state index in [4.69, 9.17) is 10.5 Å². The Morgan fingerprint density at radius 1 is 1.17 bits per heavy atom. The summed E-state index contributed by atoms with van der Waals surface area (Å²) >= 11 is 0. The van der Waals surface area contributed by atoms with Crippen LogP contribution in [-0.2, 0) is 11.0 Å². The highest BCUT2D eigenvalue weighted by molar-refractivity contribution is 5.85. The quantitative estimate of drug-likeness (QED) is 0.447. The number of carbonyl (C=O) groups is 1. The fraction of sp³-hybridized carbons (Fsp3) is 0.526. The van der Waals surface area contributed by atoms with Crippen LogP contribution in [0, 0.1) is 22.7 Å². The summed E-state index contributed by atoms with van der Waals surface area (Å²) in [5.74, 6) is -0.813. The van der Waals surface area contributed by atoms with E-state index in [9.17, 15) is 31.1 Å². The molecule has 0 fully saturated rings. The number of nitrogens with zero attached hydrogens (tertiary/aromatic N) is 4. The van der Waals surface area contributed by atoms with Gasteiger partial charge in [-0.1, -0.05) is 13.3 Å². The topological polar surface area (TPSA) is 71.1 Å². The third kappa shape index (κ3) is 6.83. The van der Waals surface area contributed by atoms with Crippen molar-refractivity contribution in [2.45, 2.75) is 45.1 Å². The van der Waals surface area contributed by atoms with Crippen LogP contribution in [0.4, 0.5) is 32.0 Å². The summed E-state index contributed by atoms with van der Waals surface area (Å²) in [5.41, 5.74) is -2.65. The fourth-order valence-electron chi connectivity index (χ4n) is 2.79. The van der Waals surface area contributed by atoms with Crippen LogP contribution >= 0.6 is 0 Å². The minimum absolute atomic E-state index is 0.133. The molecule has 0 bridgehead atoms. The zero-order valence-corrected chi connectivity index (χ0v) is 16.3. The number of hydrogen-bond donors (Lipinski definition) is 0. The Balaban J connectivity index is 3.42. The Morgan fingerprint density at radius 3 is 2.27 bits per heavy atom. The minimum Gasteiger partial charge on any atom is -0.351 e. The summed E-state index contributed by atoms with van der Waals surface area (Å²) in [6, 6.07) is 3.75. The second-order valence-corrected chi connectivity index (χ2v) is 6.53. The van der Waals surface area contributed by atoms with Crippen LogP contribution in [0.3, 0.4) is 0 Å². The zero-order chi connectivity index (χ0) is 23.1. The molecule has 0 aliphatic rings. The molecule has 0 aliphatic heterocycles. The highest BCUT2D eigenvalue weighted by Gasteiger charge is 2.38. The van der Waals surface area contributed by atoms with E-state index in [2.05, 4.69) is 0 Å². The fourth-order valence-corrected chi connectivity index (χ4v) is 2.79. The molecule has 0 N–H and O–H groups in total. The maximum atomic E-state index is 13.2. The molecule has 1 atom stereocenters. The molecule has 0 unspecified atom stereocenters. The Kier molecular flexibility index (Phi) is 8.52. The molecule has 1 rings (SSSR count). The molecular formula is C19H20F6N4O. The first-order chi connectivity index (χ1) is 13.9. The second kappa shape index (κ2) is 10.2. The lowest BCUT2D eigenvalue weighted by atomic mass is 10.1. The van der Waals surface area contributed by atoms with Crippen LogP contribution in [-0.4, -0.2) is 42.7 Å². The van der Waals surface area contributed by atoms with Crippen LogP contribution in [0.25, 0.3) is 0 Å². The first-order valence-electron chi connectivity index (χ1n) is 8.96. The van der Waals surface area contributed by atoms with Gasteiger partial charge in [0.2, 0.25) is 5.91 Å². The summed E-state index contributed by atoms with van der Waals surface area (Å²) in [7, 11) is 0. The van der Waals surface area contributed by atoms with E-state index in [1.165, 1.54) is 6.07 Å². The molecule has 164 valence electrons. The van der Waals surface area contributed by atoms with Crippen LogP contribution in [0.5, 0.6) is 0 Å². The highest BCUT2D eigenvalue weighted by atomic mass is 19.4. The molecule has 1 aromatic carbocycles. The lowest BCUT2D eigenvalue weighted by Gasteiger charge is -2.34. The van der Waals surface area contributed by atoms with Crippen LogP contribution in [0.15, 0.2) is 18.2 Å². The number of alkyl halides is 6. The lowest BCUT2D eigenvalue weighted by molar-refractivity contribution is -0.137. The summed E-state index contributed by atoms with van der Waals surface area (Å²) in [6.45, 7) is 1.05. The third-order valence-corrected chi connectivity index (χ3v) is 4.29. The predicted octanol–water partition coefficient (Wildman–Crippen LogP) is 4.49. The smallest absolute Gasteiger partial charge is 0.351 e. The number of amides is 1. The zero-order valence-electron chi connectivity index (χ0n) is 16.3. The Hall–Kier alpha value is -2.95. The van der Waals surface area contributed by atoms with Gasteiger partial charge in [-0.2, -0.15) is 36.9 Å². The molecule has 5 nitrogen and oxygen atoms in total. The van der Waals surface area contributed by atoms with Gasteiger partial charge >= 0.3 is 12.4 Å². The van der Waals surface area contributed by atoms with Gasteiger partial charge < -0.3 is 9.80 Å². The molecular weight excluding hydrogens is 414 g/mol. The van der Waals surface area contributed by atoms with Gasteiger partial charge in [0.05, 0.1) is 23.3 Å². The summed E-state index contributed by atoms with van der Waals surface area (Å²) < 4.78 is 79.2. The van der Waals surface area contributed by atoms with Gasteiger partial charge in [0.15, 0.2) is 0 Å². The van der Waals surface area contributed by atoms with Crippen molar-refractivity contribution in [1.82, 2.24) is 4.90 Å². The van der Waals surface area contributed by atoms with E-state index in [0.29, 0.717) is 23.8 Å². The molecule has 0 saturated carbocycles. The van der Waals surface area contributed by atoms with Gasteiger partial charge in [-0.05, 0) is 31.5 Å². The van der Waals surface area contributed by atoms with Gasteiger partial charge in [-0.15, -0.1) is 0 Å². The van der Waals surface area contributed by atoms with E-state index >= 15 is 0 Å². The minimum atomic E-state index is -4.97. The first-order valence-corrected chi connectivity index (χ1v) is 8.96. The molecule has 0 aromatic heterocycles. The maximum absolute atomic E-state index is 13.2. The predicted molar refractivity (Wildman–Crippen MR) is 96.1 cm³/mol. The average Bonchev–Trinajstić information content (AvgIpc) is 2.66. The van der Waals surface area contributed by atoms with Crippen LogP contribution < -0.4 is 4.90 Å². The van der Waals surface area contributed by atoms with Crippen LogP contribution in [0.2, 0.25) is 0 Å². The van der Waals surface area contributed by atoms with Crippen molar-refractivity contribution in [2.24, 2.45) is 0 Å². The lowest BCUT2D eigenvalue weighted by Crippen LogP contribution is -2.50. The number of hydrogen-bond acceptors (Lipinski definition) is 4. The molecule has 0 heterocycles. The molecule has 0 radical (unpaired) electrons. The second-order valence-electron chi connectivity index (χ2n) is 6.53. The van der Waals surface area contributed by atoms with Crippen LogP contribution in [0.1, 0.15) is 37.8 Å². The molecule has 30 heavy (non-hydrogen) atoms. The van der Waals surface area contributed by atoms with Crippen molar-refractivity contribution in [2.75, 3.05) is 24.5 Å². The largest absolute Gasteiger partial charge is 0.417 e. The standard InChI is InChI=1S/C19H20F6N4O/c1-3-4-8-28(9-7-26)17(30)13(2)29(12-18(20,21)22)15-6-5-14(11-27)16(10-15)19(23,24)25/h5-6,10,13H,3-4,8-9,12H2,1-2H3/t13-/m0/s1. The number of rotatable bonds is 8. The Bertz CT molecular complexity index is 822. The van der Waals surface area contributed by atoms with E-state index in [1.807, 2.05) is 6.92 Å². The maximum Gasteiger partial charge on any atom is 0.417 e. The van der Waals surface area contributed by atoms with Crippen molar-refractivity contribution in [3.8, 4) is 12.1 Å². The molecule has 0 aliphatic carbocycles. The van der Waals surface area contributed by atoms with Gasteiger partial charge in [0.25, 0.3) is 0 Å². The SMILES string of the molecule is CCCCN(CC#N)C(=O)[C@H](C)N(CC(F)(F)F)c1ccc(C#N)c(C(F)(F)F)c1. The number of nitriles is 2. The number of benzene rings is 1. The summed E-state index contributed by atoms with van der Waals surface area (Å²) in [4.78, 5) is 14.3. The van der Waals surface area contributed by atoms with E-state index < -0.39 is 47.7 Å². The van der Waals surface area contributed by atoms with Gasteiger partial charge in [-0.25, -0.2) is 0 Å². The van der Waals surface area contributed by atoms with Crippen molar-refractivity contribution < 1.29 is 31.1 Å². The third-order valence-electron chi connectivity index (χ3n) is 4.29. The van der Waals surface area contributed by atoms with E-state index in [1.54, 1.807) is 6.07 Å². The van der Waals surface area contributed by atoms with Gasteiger partial charge in [-0.3, -0.25) is 4.79 Å². The van der Waals surface area contributed by atoms with E-state index in [-0.39, 0.29) is 13.1 Å². The average molecular weight is 434 g/mol. The summed E-state index contributed by atoms with van der Waals surface area (Å²) in [5, 5.41) is 17.8. The van der Waals surface area contributed by atoms with Crippen molar-refractivity contribution >= 4 is 11.6 Å².